The summed E-state index contributed by atoms with van der Waals surface area (Å²) in [6.07, 6.45) is 5.16. The molecular formula is C11H18N4. The third-order valence-electron chi connectivity index (χ3n) is 2.79. The molecule has 1 aromatic rings. The highest BCUT2D eigenvalue weighted by molar-refractivity contribution is 5.43. The Bertz CT molecular complexity index is 309. The highest BCUT2D eigenvalue weighted by Gasteiger charge is 2.11. The van der Waals surface area contributed by atoms with Crippen molar-refractivity contribution in [3.05, 3.63) is 11.8 Å². The fraction of sp³-hybridized carbons (Fsp3) is 0.636. The minimum atomic E-state index is 0.384. The molecule has 0 bridgehead atoms. The van der Waals surface area contributed by atoms with E-state index >= 15 is 0 Å². The van der Waals surface area contributed by atoms with Gasteiger partial charge in [-0.1, -0.05) is 12.8 Å². The van der Waals surface area contributed by atoms with Gasteiger partial charge in [-0.15, -0.1) is 0 Å². The Hall–Kier alpha value is -1.32. The topological polar surface area (TPSA) is 55.0 Å². The second-order valence-corrected chi connectivity index (χ2v) is 4.13. The Kier molecular flexibility index (Phi) is 3.04. The fourth-order valence-corrected chi connectivity index (χ4v) is 2.04. The number of hydrogen-bond acceptors (Lipinski definition) is 4. The summed E-state index contributed by atoms with van der Waals surface area (Å²) in [5.41, 5.74) is 6.60. The predicted molar refractivity (Wildman–Crippen MR) is 61.9 cm³/mol. The molecule has 0 radical (unpaired) electrons. The Morgan fingerprint density at radius 1 is 1.13 bits per heavy atom. The molecule has 1 fully saturated rings. The van der Waals surface area contributed by atoms with Crippen molar-refractivity contribution < 1.29 is 0 Å². The first kappa shape index (κ1) is 10.2. The smallest absolute Gasteiger partial charge is 0.222 e. The first-order valence-corrected chi connectivity index (χ1v) is 5.62. The maximum absolute atomic E-state index is 5.66. The molecular weight excluding hydrogens is 188 g/mol. The number of aromatic nitrogens is 2. The summed E-state index contributed by atoms with van der Waals surface area (Å²) in [5.74, 6) is 1.37. The average molecular weight is 206 g/mol. The van der Waals surface area contributed by atoms with Crippen molar-refractivity contribution in [2.24, 2.45) is 0 Å². The highest BCUT2D eigenvalue weighted by atomic mass is 15.2. The zero-order chi connectivity index (χ0) is 10.7. The quantitative estimate of drug-likeness (QED) is 0.760. The zero-order valence-electron chi connectivity index (χ0n) is 9.24. The van der Waals surface area contributed by atoms with Crippen molar-refractivity contribution in [2.45, 2.75) is 32.6 Å². The lowest BCUT2D eigenvalue weighted by Crippen LogP contribution is -2.25. The van der Waals surface area contributed by atoms with Gasteiger partial charge in [0, 0.05) is 24.8 Å². The van der Waals surface area contributed by atoms with Gasteiger partial charge >= 0.3 is 0 Å². The Morgan fingerprint density at radius 3 is 2.40 bits per heavy atom. The van der Waals surface area contributed by atoms with Crippen molar-refractivity contribution >= 4 is 11.8 Å². The van der Waals surface area contributed by atoms with Crippen LogP contribution in [0.4, 0.5) is 11.8 Å². The van der Waals surface area contributed by atoms with Crippen molar-refractivity contribution in [1.29, 1.82) is 0 Å². The van der Waals surface area contributed by atoms with Crippen LogP contribution in [0.2, 0.25) is 0 Å². The van der Waals surface area contributed by atoms with Gasteiger partial charge in [0.05, 0.1) is 0 Å². The van der Waals surface area contributed by atoms with Gasteiger partial charge in [-0.25, -0.2) is 4.98 Å². The van der Waals surface area contributed by atoms with Gasteiger partial charge in [-0.3, -0.25) is 0 Å². The van der Waals surface area contributed by atoms with Gasteiger partial charge in [-0.05, 0) is 19.8 Å². The number of nitrogens with zero attached hydrogens (tertiary/aromatic N) is 3. The van der Waals surface area contributed by atoms with E-state index in [1.807, 2.05) is 13.0 Å². The molecule has 4 heteroatoms. The van der Waals surface area contributed by atoms with Crippen LogP contribution in [0.1, 0.15) is 31.4 Å². The minimum Gasteiger partial charge on any atom is -0.368 e. The van der Waals surface area contributed by atoms with Gasteiger partial charge in [-0.2, -0.15) is 4.98 Å². The van der Waals surface area contributed by atoms with Gasteiger partial charge in [0.1, 0.15) is 5.82 Å². The first-order valence-electron chi connectivity index (χ1n) is 5.62. The number of nitrogens with two attached hydrogens (primary N) is 1. The third kappa shape index (κ3) is 2.58. The van der Waals surface area contributed by atoms with Crippen molar-refractivity contribution in [3.63, 3.8) is 0 Å². The minimum absolute atomic E-state index is 0.384. The summed E-state index contributed by atoms with van der Waals surface area (Å²) in [6.45, 7) is 4.14. The molecule has 1 saturated heterocycles. The summed E-state index contributed by atoms with van der Waals surface area (Å²) in [7, 11) is 0. The number of hydrogen-bond donors (Lipinski definition) is 1. The van der Waals surface area contributed by atoms with Crippen molar-refractivity contribution in [2.75, 3.05) is 23.7 Å². The van der Waals surface area contributed by atoms with E-state index in [0.717, 1.165) is 24.6 Å². The van der Waals surface area contributed by atoms with Gasteiger partial charge < -0.3 is 10.6 Å². The van der Waals surface area contributed by atoms with Crippen molar-refractivity contribution in [1.82, 2.24) is 9.97 Å². The molecule has 2 N–H and O–H groups in total. The van der Waals surface area contributed by atoms with Crippen LogP contribution >= 0.6 is 0 Å². The molecule has 0 saturated carbocycles. The van der Waals surface area contributed by atoms with Crippen LogP contribution in [0.25, 0.3) is 0 Å². The molecule has 0 unspecified atom stereocenters. The molecule has 2 heterocycles. The van der Waals surface area contributed by atoms with Crippen LogP contribution in [-0.2, 0) is 0 Å². The number of nitrogen functional groups attached to an aromatic ring is 1. The molecule has 1 aliphatic heterocycles. The number of aryl methyl sites for hydroxylation is 1. The molecule has 1 aromatic heterocycles. The highest BCUT2D eigenvalue weighted by Crippen LogP contribution is 2.18. The fourth-order valence-electron chi connectivity index (χ4n) is 2.04. The second kappa shape index (κ2) is 4.47. The van der Waals surface area contributed by atoms with E-state index in [4.69, 9.17) is 5.73 Å². The standard InChI is InChI=1S/C11H18N4/c1-9-8-10(14-11(12)13-9)15-6-4-2-3-5-7-15/h8H,2-7H2,1H3,(H2,12,13,14). The molecule has 0 spiro atoms. The van der Waals surface area contributed by atoms with E-state index in [1.165, 1.54) is 25.7 Å². The lowest BCUT2D eigenvalue weighted by atomic mass is 10.2. The molecule has 4 nitrogen and oxygen atoms in total. The summed E-state index contributed by atoms with van der Waals surface area (Å²) in [5, 5.41) is 0. The summed E-state index contributed by atoms with van der Waals surface area (Å²) in [4.78, 5) is 10.7. The molecule has 2 rings (SSSR count). The second-order valence-electron chi connectivity index (χ2n) is 4.13. The van der Waals surface area contributed by atoms with Crippen molar-refractivity contribution in [3.8, 4) is 0 Å². The molecule has 0 atom stereocenters. The Labute approximate surface area is 90.5 Å². The summed E-state index contributed by atoms with van der Waals surface area (Å²) < 4.78 is 0. The van der Waals surface area contributed by atoms with Crippen LogP contribution in [0.3, 0.4) is 0 Å². The average Bonchev–Trinajstić information content (AvgIpc) is 2.43. The van der Waals surface area contributed by atoms with E-state index < -0.39 is 0 Å². The van der Waals surface area contributed by atoms with Gasteiger partial charge in [0.15, 0.2) is 0 Å². The lowest BCUT2D eigenvalue weighted by Gasteiger charge is -2.21. The number of anilines is 2. The molecule has 1 aliphatic rings. The van der Waals surface area contributed by atoms with Crippen LogP contribution in [0, 0.1) is 6.92 Å². The largest absolute Gasteiger partial charge is 0.368 e. The Balaban J connectivity index is 2.19. The van der Waals surface area contributed by atoms with E-state index in [-0.39, 0.29) is 0 Å². The monoisotopic (exact) mass is 206 g/mol. The molecule has 0 aliphatic carbocycles. The van der Waals surface area contributed by atoms with E-state index in [2.05, 4.69) is 14.9 Å². The lowest BCUT2D eigenvalue weighted by molar-refractivity contribution is 0.726. The molecule has 0 amide bonds. The molecule has 15 heavy (non-hydrogen) atoms. The maximum Gasteiger partial charge on any atom is 0.222 e. The summed E-state index contributed by atoms with van der Waals surface area (Å²) in [6, 6.07) is 2.02. The number of rotatable bonds is 1. The van der Waals surface area contributed by atoms with E-state index in [9.17, 15) is 0 Å². The third-order valence-corrected chi connectivity index (χ3v) is 2.79. The molecule has 82 valence electrons. The van der Waals surface area contributed by atoms with Crippen LogP contribution in [0.15, 0.2) is 6.07 Å². The SMILES string of the molecule is Cc1cc(N2CCCCCC2)nc(N)n1. The first-order chi connectivity index (χ1) is 7.25. The molecule has 0 aromatic carbocycles. The predicted octanol–water partition coefficient (Wildman–Crippen LogP) is 1.75. The zero-order valence-corrected chi connectivity index (χ0v) is 9.24. The van der Waals surface area contributed by atoms with Crippen LogP contribution in [-0.4, -0.2) is 23.1 Å². The van der Waals surface area contributed by atoms with Crippen LogP contribution < -0.4 is 10.6 Å². The van der Waals surface area contributed by atoms with Crippen LogP contribution in [0.5, 0.6) is 0 Å². The van der Waals surface area contributed by atoms with Gasteiger partial charge in [0.2, 0.25) is 5.95 Å². The van der Waals surface area contributed by atoms with E-state index in [1.54, 1.807) is 0 Å². The summed E-state index contributed by atoms with van der Waals surface area (Å²) >= 11 is 0. The Morgan fingerprint density at radius 2 is 1.80 bits per heavy atom. The normalized spacial score (nSPS) is 17.5. The van der Waals surface area contributed by atoms with Gasteiger partial charge in [0.25, 0.3) is 0 Å². The maximum atomic E-state index is 5.66. The van der Waals surface area contributed by atoms with E-state index in [0.29, 0.717) is 5.95 Å².